The molecule has 0 aliphatic carbocycles. The Bertz CT molecular complexity index is 412. The van der Waals surface area contributed by atoms with E-state index in [1.165, 1.54) is 18.4 Å². The van der Waals surface area contributed by atoms with E-state index in [0.717, 1.165) is 35.8 Å². The predicted molar refractivity (Wildman–Crippen MR) is 84.7 cm³/mol. The van der Waals surface area contributed by atoms with Crippen molar-refractivity contribution < 1.29 is 0 Å². The highest BCUT2D eigenvalue weighted by atomic mass is 79.9. The van der Waals surface area contributed by atoms with Crippen molar-refractivity contribution in [3.63, 3.8) is 0 Å². The third-order valence-corrected chi connectivity index (χ3v) is 4.77. The molecule has 1 aromatic rings. The number of piperidine rings is 1. The van der Waals surface area contributed by atoms with Crippen molar-refractivity contribution in [3.05, 3.63) is 22.3 Å². The van der Waals surface area contributed by atoms with E-state index in [9.17, 15) is 0 Å². The second-order valence-electron chi connectivity index (χ2n) is 5.76. The zero-order valence-corrected chi connectivity index (χ0v) is 13.7. The molecule has 0 amide bonds. The van der Waals surface area contributed by atoms with Gasteiger partial charge in [0.15, 0.2) is 0 Å². The highest BCUT2D eigenvalue weighted by Gasteiger charge is 2.21. The number of aromatic nitrogens is 1. The summed E-state index contributed by atoms with van der Waals surface area (Å²) in [5.41, 5.74) is 1.26. The lowest BCUT2D eigenvalue weighted by Crippen LogP contribution is -2.39. The third kappa shape index (κ3) is 3.93. The van der Waals surface area contributed by atoms with Crippen molar-refractivity contribution in [2.75, 3.05) is 24.5 Å². The summed E-state index contributed by atoms with van der Waals surface area (Å²) in [5, 5.41) is 3.55. The van der Waals surface area contributed by atoms with E-state index in [1.807, 2.05) is 12.3 Å². The topological polar surface area (TPSA) is 28.2 Å². The van der Waals surface area contributed by atoms with Gasteiger partial charge < -0.3 is 10.2 Å². The van der Waals surface area contributed by atoms with Crippen LogP contribution in [0.2, 0.25) is 0 Å². The third-order valence-electron chi connectivity index (χ3n) is 3.79. The van der Waals surface area contributed by atoms with Crippen molar-refractivity contribution in [3.8, 4) is 0 Å². The van der Waals surface area contributed by atoms with Crippen LogP contribution in [0.4, 0.5) is 5.82 Å². The molecule has 0 saturated carbocycles. The molecule has 1 fully saturated rings. The Balaban J connectivity index is 1.91. The van der Waals surface area contributed by atoms with Gasteiger partial charge in [0.1, 0.15) is 5.82 Å². The molecule has 0 unspecified atom stereocenters. The van der Waals surface area contributed by atoms with Gasteiger partial charge in [-0.1, -0.05) is 13.8 Å². The fraction of sp³-hybridized carbons (Fsp3) is 0.667. The van der Waals surface area contributed by atoms with Gasteiger partial charge >= 0.3 is 0 Å². The van der Waals surface area contributed by atoms with Crippen LogP contribution in [0, 0.1) is 12.8 Å². The summed E-state index contributed by atoms with van der Waals surface area (Å²) in [6, 6.07) is 2.64. The van der Waals surface area contributed by atoms with Crippen molar-refractivity contribution in [1.82, 2.24) is 10.3 Å². The second-order valence-corrected chi connectivity index (χ2v) is 6.55. The molecule has 4 heteroatoms. The Labute approximate surface area is 124 Å². The van der Waals surface area contributed by atoms with E-state index in [-0.39, 0.29) is 0 Å². The summed E-state index contributed by atoms with van der Waals surface area (Å²) in [6.07, 6.45) is 4.41. The quantitative estimate of drug-likeness (QED) is 0.919. The number of aryl methyl sites for hydroxylation is 1. The fourth-order valence-electron chi connectivity index (χ4n) is 2.50. The summed E-state index contributed by atoms with van der Waals surface area (Å²) in [4.78, 5) is 6.93. The van der Waals surface area contributed by atoms with E-state index >= 15 is 0 Å². The fourth-order valence-corrected chi connectivity index (χ4v) is 2.98. The number of anilines is 1. The molecule has 1 N–H and O–H groups in total. The van der Waals surface area contributed by atoms with Crippen LogP contribution in [0.15, 0.2) is 16.7 Å². The van der Waals surface area contributed by atoms with Gasteiger partial charge in [0.2, 0.25) is 0 Å². The summed E-state index contributed by atoms with van der Waals surface area (Å²) >= 11 is 3.66. The summed E-state index contributed by atoms with van der Waals surface area (Å²) < 4.78 is 1.15. The van der Waals surface area contributed by atoms with Gasteiger partial charge in [0.25, 0.3) is 0 Å². The number of rotatable bonds is 4. The van der Waals surface area contributed by atoms with Crippen molar-refractivity contribution in [2.24, 2.45) is 5.92 Å². The van der Waals surface area contributed by atoms with E-state index in [2.05, 4.69) is 51.9 Å². The highest BCUT2D eigenvalue weighted by Crippen LogP contribution is 2.29. The number of halogens is 1. The lowest BCUT2D eigenvalue weighted by Gasteiger charge is -2.34. The van der Waals surface area contributed by atoms with Crippen molar-refractivity contribution >= 4 is 21.7 Å². The van der Waals surface area contributed by atoms with Gasteiger partial charge in [0.05, 0.1) is 4.47 Å². The molecular weight excluding hydrogens is 302 g/mol. The van der Waals surface area contributed by atoms with Crippen LogP contribution in [-0.4, -0.2) is 30.7 Å². The first-order valence-electron chi connectivity index (χ1n) is 7.17. The van der Waals surface area contributed by atoms with Crippen LogP contribution in [0.1, 0.15) is 32.3 Å². The molecule has 1 saturated heterocycles. The molecule has 0 spiro atoms. The second kappa shape index (κ2) is 6.71. The van der Waals surface area contributed by atoms with Crippen LogP contribution in [-0.2, 0) is 0 Å². The lowest BCUT2D eigenvalue weighted by molar-refractivity contribution is 0.369. The first-order valence-corrected chi connectivity index (χ1v) is 7.96. The Kier molecular flexibility index (Phi) is 5.22. The zero-order valence-electron chi connectivity index (χ0n) is 12.1. The molecule has 1 aliphatic rings. The SMILES string of the molecule is Cc1ccnc(N2CCC(CNC(C)C)CC2)c1Br. The van der Waals surface area contributed by atoms with E-state index < -0.39 is 0 Å². The summed E-state index contributed by atoms with van der Waals surface area (Å²) in [5.74, 6) is 1.91. The first-order chi connectivity index (χ1) is 9.08. The van der Waals surface area contributed by atoms with Gasteiger partial charge in [-0.05, 0) is 59.8 Å². The number of hydrogen-bond donors (Lipinski definition) is 1. The van der Waals surface area contributed by atoms with Gasteiger partial charge in [0, 0.05) is 25.3 Å². The standard InChI is InChI=1S/C15H24BrN3/c1-11(2)18-10-13-5-8-19(9-6-13)15-14(16)12(3)4-7-17-15/h4,7,11,13,18H,5-6,8-10H2,1-3H3. The molecule has 1 aromatic heterocycles. The lowest BCUT2D eigenvalue weighted by atomic mass is 9.96. The monoisotopic (exact) mass is 325 g/mol. The summed E-state index contributed by atoms with van der Waals surface area (Å²) in [6.45, 7) is 9.91. The number of hydrogen-bond acceptors (Lipinski definition) is 3. The van der Waals surface area contributed by atoms with Gasteiger partial charge in [-0.25, -0.2) is 4.98 Å². The normalized spacial score (nSPS) is 17.2. The number of nitrogens with one attached hydrogen (secondary N) is 1. The molecule has 3 nitrogen and oxygen atoms in total. The van der Waals surface area contributed by atoms with E-state index in [4.69, 9.17) is 0 Å². The average molecular weight is 326 g/mol. The van der Waals surface area contributed by atoms with E-state index in [0.29, 0.717) is 6.04 Å². The van der Waals surface area contributed by atoms with Crippen molar-refractivity contribution in [2.45, 2.75) is 39.7 Å². The minimum atomic E-state index is 0.589. The summed E-state index contributed by atoms with van der Waals surface area (Å²) in [7, 11) is 0. The average Bonchev–Trinajstić information content (AvgIpc) is 2.40. The molecule has 0 bridgehead atoms. The van der Waals surface area contributed by atoms with Crippen LogP contribution in [0.3, 0.4) is 0 Å². The predicted octanol–water partition coefficient (Wildman–Crippen LogP) is 3.37. The Hall–Kier alpha value is -0.610. The molecular formula is C15H24BrN3. The van der Waals surface area contributed by atoms with Crippen LogP contribution >= 0.6 is 15.9 Å². The molecule has 0 aromatic carbocycles. The van der Waals surface area contributed by atoms with E-state index in [1.54, 1.807) is 0 Å². The molecule has 2 heterocycles. The maximum atomic E-state index is 4.53. The number of nitrogens with zero attached hydrogens (tertiary/aromatic N) is 2. The first kappa shape index (κ1) is 14.8. The minimum absolute atomic E-state index is 0.589. The Morgan fingerprint density at radius 3 is 2.74 bits per heavy atom. The van der Waals surface area contributed by atoms with Gasteiger partial charge in [-0.3, -0.25) is 0 Å². The van der Waals surface area contributed by atoms with Gasteiger partial charge in [-0.15, -0.1) is 0 Å². The van der Waals surface area contributed by atoms with Crippen LogP contribution in [0.25, 0.3) is 0 Å². The molecule has 0 atom stereocenters. The minimum Gasteiger partial charge on any atom is -0.356 e. The maximum Gasteiger partial charge on any atom is 0.143 e. The molecule has 106 valence electrons. The largest absolute Gasteiger partial charge is 0.356 e. The maximum absolute atomic E-state index is 4.53. The number of pyridine rings is 1. The van der Waals surface area contributed by atoms with Crippen LogP contribution in [0.5, 0.6) is 0 Å². The van der Waals surface area contributed by atoms with Crippen LogP contribution < -0.4 is 10.2 Å². The molecule has 2 rings (SSSR count). The zero-order chi connectivity index (χ0) is 13.8. The van der Waals surface area contributed by atoms with Crippen molar-refractivity contribution in [1.29, 1.82) is 0 Å². The Morgan fingerprint density at radius 1 is 1.42 bits per heavy atom. The molecule has 1 aliphatic heterocycles. The Morgan fingerprint density at radius 2 is 2.11 bits per heavy atom. The highest BCUT2D eigenvalue weighted by molar-refractivity contribution is 9.10. The molecule has 19 heavy (non-hydrogen) atoms. The molecule has 0 radical (unpaired) electrons. The van der Waals surface area contributed by atoms with Gasteiger partial charge in [-0.2, -0.15) is 0 Å². The smallest absolute Gasteiger partial charge is 0.143 e.